The van der Waals surface area contributed by atoms with E-state index in [4.69, 9.17) is 26.7 Å². The maximum atomic E-state index is 10.8. The summed E-state index contributed by atoms with van der Waals surface area (Å²) in [5, 5.41) is 18.1. The SMILES string of the molecule is N#Cc1ccc(OC2CCC(C(=O)O)CC2)cc1Cl. The highest BCUT2D eigenvalue weighted by Gasteiger charge is 2.26. The molecular weight excluding hydrogens is 266 g/mol. The van der Waals surface area contributed by atoms with Crippen LogP contribution >= 0.6 is 11.6 Å². The minimum Gasteiger partial charge on any atom is -0.490 e. The zero-order chi connectivity index (χ0) is 13.8. The van der Waals surface area contributed by atoms with E-state index in [1.165, 1.54) is 0 Å². The van der Waals surface area contributed by atoms with Gasteiger partial charge in [0.15, 0.2) is 0 Å². The largest absolute Gasteiger partial charge is 0.490 e. The zero-order valence-corrected chi connectivity index (χ0v) is 11.1. The number of carbonyl (C=O) groups is 1. The average Bonchev–Trinajstić information content (AvgIpc) is 2.39. The van der Waals surface area contributed by atoms with Gasteiger partial charge in [-0.15, -0.1) is 0 Å². The lowest BCUT2D eigenvalue weighted by Crippen LogP contribution is -2.27. The normalized spacial score (nSPS) is 22.5. The van der Waals surface area contributed by atoms with E-state index in [0.717, 1.165) is 12.8 Å². The topological polar surface area (TPSA) is 70.3 Å². The molecule has 5 heteroatoms. The van der Waals surface area contributed by atoms with Gasteiger partial charge in [0, 0.05) is 6.07 Å². The number of carboxylic acid groups (broad SMARTS) is 1. The Balaban J connectivity index is 1.94. The lowest BCUT2D eigenvalue weighted by atomic mass is 9.87. The van der Waals surface area contributed by atoms with E-state index in [1.807, 2.05) is 6.07 Å². The molecule has 100 valence electrons. The van der Waals surface area contributed by atoms with Gasteiger partial charge in [0.2, 0.25) is 0 Å². The number of carboxylic acids is 1. The first-order valence-electron chi connectivity index (χ1n) is 6.19. The Kier molecular flexibility index (Phi) is 4.28. The fourth-order valence-corrected chi connectivity index (χ4v) is 2.49. The molecule has 1 N–H and O–H groups in total. The predicted molar refractivity (Wildman–Crippen MR) is 70.2 cm³/mol. The summed E-state index contributed by atoms with van der Waals surface area (Å²) in [6.45, 7) is 0. The molecule has 0 aromatic heterocycles. The van der Waals surface area contributed by atoms with Gasteiger partial charge in [0.25, 0.3) is 0 Å². The number of rotatable bonds is 3. The monoisotopic (exact) mass is 279 g/mol. The fourth-order valence-electron chi connectivity index (χ4n) is 2.28. The van der Waals surface area contributed by atoms with Gasteiger partial charge in [-0.2, -0.15) is 5.26 Å². The average molecular weight is 280 g/mol. The van der Waals surface area contributed by atoms with Crippen LogP contribution in [-0.2, 0) is 4.79 Å². The number of halogens is 1. The summed E-state index contributed by atoms with van der Waals surface area (Å²) in [5.74, 6) is -0.341. The van der Waals surface area contributed by atoms with Crippen molar-refractivity contribution in [2.24, 2.45) is 5.92 Å². The minimum atomic E-state index is -0.722. The van der Waals surface area contributed by atoms with Crippen molar-refractivity contribution in [3.8, 4) is 11.8 Å². The lowest BCUT2D eigenvalue weighted by Gasteiger charge is -2.26. The smallest absolute Gasteiger partial charge is 0.306 e. The van der Waals surface area contributed by atoms with Crippen LogP contribution in [0.15, 0.2) is 18.2 Å². The predicted octanol–water partition coefficient (Wildman–Crippen LogP) is 3.23. The molecule has 0 atom stereocenters. The van der Waals surface area contributed by atoms with E-state index < -0.39 is 5.97 Å². The molecule has 0 radical (unpaired) electrons. The standard InChI is InChI=1S/C14H14ClNO3/c15-13-7-12(6-3-10(13)8-16)19-11-4-1-9(2-5-11)14(17)18/h3,6-7,9,11H,1-2,4-5H2,(H,17,18). The molecule has 1 saturated carbocycles. The van der Waals surface area contributed by atoms with Crippen LogP contribution in [0.1, 0.15) is 31.2 Å². The Morgan fingerprint density at radius 3 is 2.58 bits per heavy atom. The summed E-state index contributed by atoms with van der Waals surface area (Å²) in [4.78, 5) is 10.8. The van der Waals surface area contributed by atoms with E-state index in [1.54, 1.807) is 18.2 Å². The third kappa shape index (κ3) is 3.39. The third-order valence-corrected chi connectivity index (χ3v) is 3.70. The maximum Gasteiger partial charge on any atom is 0.306 e. The van der Waals surface area contributed by atoms with Crippen LogP contribution in [-0.4, -0.2) is 17.2 Å². The van der Waals surface area contributed by atoms with Crippen molar-refractivity contribution in [3.63, 3.8) is 0 Å². The van der Waals surface area contributed by atoms with Gasteiger partial charge in [0.1, 0.15) is 11.8 Å². The molecule has 0 unspecified atom stereocenters. The Bertz CT molecular complexity index is 516. The van der Waals surface area contributed by atoms with Crippen molar-refractivity contribution >= 4 is 17.6 Å². The van der Waals surface area contributed by atoms with Crippen LogP contribution in [0, 0.1) is 17.2 Å². The van der Waals surface area contributed by atoms with E-state index >= 15 is 0 Å². The molecule has 4 nitrogen and oxygen atoms in total. The number of hydrogen-bond acceptors (Lipinski definition) is 3. The summed E-state index contributed by atoms with van der Waals surface area (Å²) in [7, 11) is 0. The number of benzene rings is 1. The summed E-state index contributed by atoms with van der Waals surface area (Å²) >= 11 is 5.93. The number of hydrogen-bond donors (Lipinski definition) is 1. The Morgan fingerprint density at radius 2 is 2.05 bits per heavy atom. The van der Waals surface area contributed by atoms with Gasteiger partial charge in [0.05, 0.1) is 22.6 Å². The molecule has 0 bridgehead atoms. The quantitative estimate of drug-likeness (QED) is 0.922. The first-order chi connectivity index (χ1) is 9.10. The van der Waals surface area contributed by atoms with Gasteiger partial charge in [-0.3, -0.25) is 4.79 Å². The van der Waals surface area contributed by atoms with Crippen molar-refractivity contribution < 1.29 is 14.6 Å². The molecule has 0 heterocycles. The van der Waals surface area contributed by atoms with Crippen molar-refractivity contribution in [2.45, 2.75) is 31.8 Å². The Morgan fingerprint density at radius 1 is 1.37 bits per heavy atom. The summed E-state index contributed by atoms with van der Waals surface area (Å²) in [6.07, 6.45) is 2.77. The van der Waals surface area contributed by atoms with Crippen molar-refractivity contribution in [1.29, 1.82) is 5.26 Å². The molecule has 19 heavy (non-hydrogen) atoms. The van der Waals surface area contributed by atoms with Crippen LogP contribution in [0.2, 0.25) is 5.02 Å². The molecule has 1 aliphatic carbocycles. The third-order valence-electron chi connectivity index (χ3n) is 3.39. The highest BCUT2D eigenvalue weighted by molar-refractivity contribution is 6.31. The van der Waals surface area contributed by atoms with Gasteiger partial charge >= 0.3 is 5.97 Å². The molecule has 1 aliphatic rings. The van der Waals surface area contributed by atoms with Gasteiger partial charge in [-0.25, -0.2) is 0 Å². The molecule has 2 rings (SSSR count). The van der Waals surface area contributed by atoms with E-state index in [2.05, 4.69) is 0 Å². The van der Waals surface area contributed by atoms with Crippen molar-refractivity contribution in [1.82, 2.24) is 0 Å². The number of ether oxygens (including phenoxy) is 1. The lowest BCUT2D eigenvalue weighted by molar-refractivity contribution is -0.143. The molecule has 1 aromatic carbocycles. The number of nitriles is 1. The minimum absolute atomic E-state index is 0.0274. The highest BCUT2D eigenvalue weighted by atomic mass is 35.5. The van der Waals surface area contributed by atoms with Gasteiger partial charge in [-0.1, -0.05) is 11.6 Å². The molecule has 0 aliphatic heterocycles. The molecule has 0 saturated heterocycles. The van der Waals surface area contributed by atoms with E-state index in [9.17, 15) is 4.79 Å². The second-order valence-electron chi connectivity index (χ2n) is 4.68. The van der Waals surface area contributed by atoms with Gasteiger partial charge in [-0.05, 0) is 37.8 Å². The second-order valence-corrected chi connectivity index (χ2v) is 5.09. The van der Waals surface area contributed by atoms with E-state index in [-0.39, 0.29) is 12.0 Å². The first-order valence-corrected chi connectivity index (χ1v) is 6.57. The van der Waals surface area contributed by atoms with Crippen LogP contribution in [0.25, 0.3) is 0 Å². The number of nitrogens with zero attached hydrogens (tertiary/aromatic N) is 1. The molecular formula is C14H14ClNO3. The summed E-state index contributed by atoms with van der Waals surface area (Å²) < 4.78 is 5.78. The summed E-state index contributed by atoms with van der Waals surface area (Å²) in [5.41, 5.74) is 0.420. The Hall–Kier alpha value is -1.73. The second kappa shape index (κ2) is 5.94. The molecule has 1 aromatic rings. The van der Waals surface area contributed by atoms with Crippen LogP contribution in [0.3, 0.4) is 0 Å². The maximum absolute atomic E-state index is 10.8. The Labute approximate surface area is 116 Å². The van der Waals surface area contributed by atoms with Crippen molar-refractivity contribution in [3.05, 3.63) is 28.8 Å². The van der Waals surface area contributed by atoms with Crippen LogP contribution in [0.5, 0.6) is 5.75 Å². The molecule has 1 fully saturated rings. The highest BCUT2D eigenvalue weighted by Crippen LogP contribution is 2.29. The zero-order valence-electron chi connectivity index (χ0n) is 10.3. The fraction of sp³-hybridized carbons (Fsp3) is 0.429. The molecule has 0 spiro atoms. The van der Waals surface area contributed by atoms with Crippen LogP contribution in [0.4, 0.5) is 0 Å². The summed E-state index contributed by atoms with van der Waals surface area (Å²) in [6, 6.07) is 6.96. The molecule has 0 amide bonds. The first kappa shape index (κ1) is 13.7. The van der Waals surface area contributed by atoms with E-state index in [0.29, 0.717) is 29.2 Å². The van der Waals surface area contributed by atoms with Crippen molar-refractivity contribution in [2.75, 3.05) is 0 Å². The van der Waals surface area contributed by atoms with Crippen LogP contribution < -0.4 is 4.74 Å². The van der Waals surface area contributed by atoms with Gasteiger partial charge < -0.3 is 9.84 Å². The number of aliphatic carboxylic acids is 1.